The molecule has 2 atom stereocenters. The van der Waals surface area contributed by atoms with E-state index < -0.39 is 0 Å². The molecule has 2 fully saturated rings. The highest BCUT2D eigenvalue weighted by Gasteiger charge is 2.30. The Labute approximate surface area is 104 Å². The van der Waals surface area contributed by atoms with Gasteiger partial charge in [0.05, 0.1) is 0 Å². The van der Waals surface area contributed by atoms with E-state index in [1.165, 1.54) is 44.5 Å². The van der Waals surface area contributed by atoms with E-state index in [4.69, 9.17) is 0 Å². The van der Waals surface area contributed by atoms with Crippen LogP contribution in [0.4, 0.5) is 0 Å². The average molecular weight is 230 g/mol. The van der Waals surface area contributed by atoms with Gasteiger partial charge in [-0.05, 0) is 43.8 Å². The van der Waals surface area contributed by atoms with Gasteiger partial charge in [-0.15, -0.1) is 0 Å². The van der Waals surface area contributed by atoms with Crippen molar-refractivity contribution in [1.82, 2.24) is 10.2 Å². The molecule has 17 heavy (non-hydrogen) atoms. The van der Waals surface area contributed by atoms with Gasteiger partial charge >= 0.3 is 0 Å². The minimum Gasteiger partial charge on any atom is -0.314 e. The minimum atomic E-state index is 0.802. The van der Waals surface area contributed by atoms with Crippen molar-refractivity contribution >= 4 is 0 Å². The number of nitrogens with one attached hydrogen (secondary N) is 1. The zero-order chi connectivity index (χ0) is 11.5. The molecule has 1 N–H and O–H groups in total. The van der Waals surface area contributed by atoms with E-state index >= 15 is 0 Å². The first-order chi connectivity index (χ1) is 8.42. The topological polar surface area (TPSA) is 15.3 Å². The van der Waals surface area contributed by atoms with Crippen LogP contribution in [0.2, 0.25) is 0 Å². The highest BCUT2D eigenvalue weighted by Crippen LogP contribution is 2.25. The Morgan fingerprint density at radius 1 is 1.18 bits per heavy atom. The number of fused-ring (bicyclic) bond motifs is 1. The number of likely N-dealkylation sites (tertiary alicyclic amines) is 1. The predicted octanol–water partition coefficient (Wildman–Crippen LogP) is 2.26. The zero-order valence-electron chi connectivity index (χ0n) is 10.4. The summed E-state index contributed by atoms with van der Waals surface area (Å²) in [7, 11) is 0. The van der Waals surface area contributed by atoms with Crippen LogP contribution in [-0.4, -0.2) is 30.6 Å². The third-order valence-electron chi connectivity index (χ3n) is 4.23. The molecular weight excluding hydrogens is 208 g/mol. The summed E-state index contributed by atoms with van der Waals surface area (Å²) >= 11 is 0. The summed E-state index contributed by atoms with van der Waals surface area (Å²) in [5.41, 5.74) is 1.45. The second kappa shape index (κ2) is 5.19. The molecule has 3 rings (SSSR count). The molecular formula is C15H22N2. The van der Waals surface area contributed by atoms with Crippen LogP contribution in [0, 0.1) is 5.92 Å². The number of hydrogen-bond acceptors (Lipinski definition) is 2. The van der Waals surface area contributed by atoms with Crippen molar-refractivity contribution in [3.8, 4) is 0 Å². The molecule has 0 aromatic heterocycles. The van der Waals surface area contributed by atoms with Crippen LogP contribution in [-0.2, 0) is 6.54 Å². The number of rotatable bonds is 2. The van der Waals surface area contributed by atoms with Crippen LogP contribution in [0.3, 0.4) is 0 Å². The molecule has 2 aliphatic rings. The average Bonchev–Trinajstić information content (AvgIpc) is 2.40. The van der Waals surface area contributed by atoms with Crippen LogP contribution in [0.5, 0.6) is 0 Å². The summed E-state index contributed by atoms with van der Waals surface area (Å²) in [6, 6.07) is 11.7. The van der Waals surface area contributed by atoms with Crippen LogP contribution in [0.25, 0.3) is 0 Å². The number of nitrogens with zero attached hydrogens (tertiary/aromatic N) is 1. The summed E-state index contributed by atoms with van der Waals surface area (Å²) in [5.74, 6) is 0.890. The van der Waals surface area contributed by atoms with Gasteiger partial charge < -0.3 is 5.32 Å². The molecule has 0 radical (unpaired) electrons. The second-order valence-electron chi connectivity index (χ2n) is 5.47. The summed E-state index contributed by atoms with van der Waals surface area (Å²) in [4.78, 5) is 2.63. The standard InChI is InChI=1S/C15H22N2/c1-2-5-13(6-3-1)11-17-10-8-15-14(12-17)7-4-9-16-15/h1-3,5-6,14-16H,4,7-12H2/t14-,15+/m0/s1. The molecule has 1 aromatic carbocycles. The van der Waals surface area contributed by atoms with Crippen molar-refractivity contribution < 1.29 is 0 Å². The zero-order valence-corrected chi connectivity index (χ0v) is 10.4. The summed E-state index contributed by atoms with van der Waals surface area (Å²) in [6.07, 6.45) is 4.11. The van der Waals surface area contributed by atoms with E-state index in [0.717, 1.165) is 18.5 Å². The minimum absolute atomic E-state index is 0.802. The maximum Gasteiger partial charge on any atom is 0.0233 e. The fourth-order valence-corrected chi connectivity index (χ4v) is 3.31. The Morgan fingerprint density at radius 3 is 2.94 bits per heavy atom. The van der Waals surface area contributed by atoms with Crippen LogP contribution in [0.15, 0.2) is 30.3 Å². The fourth-order valence-electron chi connectivity index (χ4n) is 3.31. The van der Waals surface area contributed by atoms with Gasteiger partial charge in [-0.3, -0.25) is 4.90 Å². The lowest BCUT2D eigenvalue weighted by molar-refractivity contribution is 0.109. The van der Waals surface area contributed by atoms with E-state index in [1.54, 1.807) is 0 Å². The third-order valence-corrected chi connectivity index (χ3v) is 4.23. The van der Waals surface area contributed by atoms with Crippen molar-refractivity contribution in [2.45, 2.75) is 31.8 Å². The molecule has 1 aromatic rings. The summed E-state index contributed by atoms with van der Waals surface area (Å²) in [6.45, 7) is 4.90. The lowest BCUT2D eigenvalue weighted by atomic mass is 9.85. The molecule has 0 aliphatic carbocycles. The Morgan fingerprint density at radius 2 is 2.06 bits per heavy atom. The summed E-state index contributed by atoms with van der Waals surface area (Å²) < 4.78 is 0. The molecule has 0 amide bonds. The van der Waals surface area contributed by atoms with Gasteiger partial charge in [-0.1, -0.05) is 30.3 Å². The van der Waals surface area contributed by atoms with Gasteiger partial charge in [0.2, 0.25) is 0 Å². The first-order valence-electron chi connectivity index (χ1n) is 6.91. The lowest BCUT2D eigenvalue weighted by Gasteiger charge is -2.41. The maximum absolute atomic E-state index is 3.68. The normalized spacial score (nSPS) is 29.9. The van der Waals surface area contributed by atoms with Crippen LogP contribution < -0.4 is 5.32 Å². The van der Waals surface area contributed by atoms with E-state index in [-0.39, 0.29) is 0 Å². The number of benzene rings is 1. The quantitative estimate of drug-likeness (QED) is 0.838. The Bertz CT molecular complexity index is 349. The molecule has 2 aliphatic heterocycles. The Kier molecular flexibility index (Phi) is 3.44. The first-order valence-corrected chi connectivity index (χ1v) is 6.91. The molecule has 92 valence electrons. The molecule has 0 spiro atoms. The third kappa shape index (κ3) is 2.70. The van der Waals surface area contributed by atoms with Crippen molar-refractivity contribution in [3.63, 3.8) is 0 Å². The van der Waals surface area contributed by atoms with Crippen molar-refractivity contribution in [1.29, 1.82) is 0 Å². The predicted molar refractivity (Wildman–Crippen MR) is 70.9 cm³/mol. The molecule has 2 saturated heterocycles. The Hall–Kier alpha value is -0.860. The van der Waals surface area contributed by atoms with E-state index in [0.29, 0.717) is 0 Å². The fraction of sp³-hybridized carbons (Fsp3) is 0.600. The molecule has 0 bridgehead atoms. The lowest BCUT2D eigenvalue weighted by Crippen LogP contribution is -2.51. The van der Waals surface area contributed by atoms with E-state index in [2.05, 4.69) is 40.5 Å². The van der Waals surface area contributed by atoms with Crippen LogP contribution >= 0.6 is 0 Å². The largest absolute Gasteiger partial charge is 0.314 e. The number of hydrogen-bond donors (Lipinski definition) is 1. The van der Waals surface area contributed by atoms with Crippen molar-refractivity contribution in [2.75, 3.05) is 19.6 Å². The van der Waals surface area contributed by atoms with Gasteiger partial charge in [-0.25, -0.2) is 0 Å². The van der Waals surface area contributed by atoms with Crippen molar-refractivity contribution in [3.05, 3.63) is 35.9 Å². The maximum atomic E-state index is 3.68. The molecule has 0 unspecified atom stereocenters. The van der Waals surface area contributed by atoms with E-state index in [1.807, 2.05) is 0 Å². The van der Waals surface area contributed by atoms with Crippen LogP contribution in [0.1, 0.15) is 24.8 Å². The number of piperidine rings is 2. The summed E-state index contributed by atoms with van der Waals surface area (Å²) in [5, 5.41) is 3.68. The van der Waals surface area contributed by atoms with Gasteiger partial charge in [0, 0.05) is 19.1 Å². The highest BCUT2D eigenvalue weighted by molar-refractivity contribution is 5.14. The first kappa shape index (κ1) is 11.2. The Balaban J connectivity index is 1.59. The van der Waals surface area contributed by atoms with Gasteiger partial charge in [0.25, 0.3) is 0 Å². The smallest absolute Gasteiger partial charge is 0.0233 e. The molecule has 2 heterocycles. The highest BCUT2D eigenvalue weighted by atomic mass is 15.2. The second-order valence-corrected chi connectivity index (χ2v) is 5.47. The van der Waals surface area contributed by atoms with Gasteiger partial charge in [-0.2, -0.15) is 0 Å². The molecule has 2 heteroatoms. The van der Waals surface area contributed by atoms with Gasteiger partial charge in [0.1, 0.15) is 0 Å². The SMILES string of the molecule is c1ccc(CN2CC[C@H]3NCCC[C@H]3C2)cc1. The van der Waals surface area contributed by atoms with Crippen molar-refractivity contribution in [2.24, 2.45) is 5.92 Å². The monoisotopic (exact) mass is 230 g/mol. The van der Waals surface area contributed by atoms with E-state index in [9.17, 15) is 0 Å². The van der Waals surface area contributed by atoms with Gasteiger partial charge in [0.15, 0.2) is 0 Å². The molecule has 0 saturated carbocycles. The molecule has 2 nitrogen and oxygen atoms in total.